The number of rotatable bonds is 4. The SMILES string of the molecule is Fc1ccc(OCc2noc([C@@H]3CNCCO3)n2)cc1. The van der Waals surface area contributed by atoms with Gasteiger partial charge in [-0.1, -0.05) is 5.16 Å². The lowest BCUT2D eigenvalue weighted by molar-refractivity contribution is 0.00755. The van der Waals surface area contributed by atoms with Gasteiger partial charge in [0.15, 0.2) is 6.61 Å². The third-order valence-electron chi connectivity index (χ3n) is 2.87. The summed E-state index contributed by atoms with van der Waals surface area (Å²) in [6.07, 6.45) is -0.212. The highest BCUT2D eigenvalue weighted by Crippen LogP contribution is 2.17. The summed E-state index contributed by atoms with van der Waals surface area (Å²) in [6.45, 7) is 2.26. The van der Waals surface area contributed by atoms with Gasteiger partial charge < -0.3 is 19.3 Å². The lowest BCUT2D eigenvalue weighted by Crippen LogP contribution is -2.33. The van der Waals surface area contributed by atoms with Gasteiger partial charge in [-0.3, -0.25) is 0 Å². The predicted molar refractivity (Wildman–Crippen MR) is 66.6 cm³/mol. The number of aromatic nitrogens is 2. The maximum Gasteiger partial charge on any atom is 0.257 e. The lowest BCUT2D eigenvalue weighted by atomic mass is 10.3. The van der Waals surface area contributed by atoms with Crippen LogP contribution in [0, 0.1) is 5.82 Å². The molecule has 3 rings (SSSR count). The molecule has 2 heterocycles. The summed E-state index contributed by atoms with van der Waals surface area (Å²) >= 11 is 0. The number of nitrogens with zero attached hydrogens (tertiary/aromatic N) is 2. The maximum absolute atomic E-state index is 12.7. The van der Waals surface area contributed by atoms with Crippen molar-refractivity contribution in [1.82, 2.24) is 15.5 Å². The number of halogens is 1. The molecule has 20 heavy (non-hydrogen) atoms. The van der Waals surface area contributed by atoms with E-state index in [0.717, 1.165) is 6.54 Å². The molecule has 1 atom stereocenters. The van der Waals surface area contributed by atoms with Crippen LogP contribution >= 0.6 is 0 Å². The Morgan fingerprint density at radius 1 is 1.35 bits per heavy atom. The van der Waals surface area contributed by atoms with E-state index in [4.69, 9.17) is 14.0 Å². The third kappa shape index (κ3) is 3.12. The van der Waals surface area contributed by atoms with Crippen LogP contribution in [0.5, 0.6) is 5.75 Å². The smallest absolute Gasteiger partial charge is 0.257 e. The van der Waals surface area contributed by atoms with Gasteiger partial charge in [0.2, 0.25) is 5.82 Å². The molecule has 0 aliphatic carbocycles. The van der Waals surface area contributed by atoms with Crippen LogP contribution in [-0.4, -0.2) is 29.8 Å². The van der Waals surface area contributed by atoms with Crippen LogP contribution < -0.4 is 10.1 Å². The van der Waals surface area contributed by atoms with E-state index in [2.05, 4.69) is 15.5 Å². The highest BCUT2D eigenvalue weighted by molar-refractivity contribution is 5.22. The molecule has 1 N–H and O–H groups in total. The fraction of sp³-hybridized carbons (Fsp3) is 0.385. The molecule has 0 saturated carbocycles. The van der Waals surface area contributed by atoms with Crippen LogP contribution in [-0.2, 0) is 11.3 Å². The first kappa shape index (κ1) is 13.0. The molecule has 0 radical (unpaired) electrons. The molecule has 6 nitrogen and oxygen atoms in total. The molecule has 1 saturated heterocycles. The molecule has 2 aromatic rings. The van der Waals surface area contributed by atoms with Crippen LogP contribution in [0.4, 0.5) is 4.39 Å². The number of hydrogen-bond donors (Lipinski definition) is 1. The molecule has 0 unspecified atom stereocenters. The molecule has 106 valence electrons. The monoisotopic (exact) mass is 279 g/mol. The van der Waals surface area contributed by atoms with E-state index in [0.29, 0.717) is 30.6 Å². The Bertz CT molecular complexity index is 552. The zero-order valence-corrected chi connectivity index (χ0v) is 10.7. The minimum atomic E-state index is -0.304. The average molecular weight is 279 g/mol. The zero-order chi connectivity index (χ0) is 13.8. The predicted octanol–water partition coefficient (Wildman–Crippen LogP) is 1.45. The number of ether oxygens (including phenoxy) is 2. The van der Waals surface area contributed by atoms with Crippen molar-refractivity contribution < 1.29 is 18.4 Å². The lowest BCUT2D eigenvalue weighted by Gasteiger charge is -2.19. The highest BCUT2D eigenvalue weighted by atomic mass is 19.1. The third-order valence-corrected chi connectivity index (χ3v) is 2.87. The molecule has 1 aliphatic rings. The van der Waals surface area contributed by atoms with Crippen molar-refractivity contribution in [1.29, 1.82) is 0 Å². The van der Waals surface area contributed by atoms with Crippen molar-refractivity contribution >= 4 is 0 Å². The fourth-order valence-corrected chi connectivity index (χ4v) is 1.86. The van der Waals surface area contributed by atoms with Crippen molar-refractivity contribution in [3.05, 3.63) is 41.8 Å². The Balaban J connectivity index is 1.58. The fourth-order valence-electron chi connectivity index (χ4n) is 1.86. The van der Waals surface area contributed by atoms with Crippen molar-refractivity contribution in [2.24, 2.45) is 0 Å². The Kier molecular flexibility index (Phi) is 3.89. The van der Waals surface area contributed by atoms with Gasteiger partial charge in [-0.25, -0.2) is 4.39 Å². The van der Waals surface area contributed by atoms with Crippen molar-refractivity contribution in [3.63, 3.8) is 0 Å². The first-order valence-corrected chi connectivity index (χ1v) is 6.34. The number of benzene rings is 1. The second-order valence-corrected chi connectivity index (χ2v) is 4.35. The van der Waals surface area contributed by atoms with Crippen LogP contribution in [0.15, 0.2) is 28.8 Å². The summed E-state index contributed by atoms with van der Waals surface area (Å²) < 4.78 is 28.8. The first-order valence-electron chi connectivity index (χ1n) is 6.34. The van der Waals surface area contributed by atoms with Gasteiger partial charge in [-0.15, -0.1) is 0 Å². The molecule has 1 aromatic carbocycles. The van der Waals surface area contributed by atoms with Gasteiger partial charge in [0.1, 0.15) is 17.7 Å². The molecular formula is C13H14FN3O3. The maximum atomic E-state index is 12.7. The molecule has 1 aliphatic heterocycles. The van der Waals surface area contributed by atoms with E-state index in [9.17, 15) is 4.39 Å². The Hall–Kier alpha value is -1.99. The first-order chi connectivity index (χ1) is 9.81. The molecular weight excluding hydrogens is 265 g/mol. The highest BCUT2D eigenvalue weighted by Gasteiger charge is 2.22. The second-order valence-electron chi connectivity index (χ2n) is 4.35. The van der Waals surface area contributed by atoms with Crippen LogP contribution in [0.25, 0.3) is 0 Å². The van der Waals surface area contributed by atoms with E-state index < -0.39 is 0 Å². The quantitative estimate of drug-likeness (QED) is 0.913. The molecule has 0 amide bonds. The standard InChI is InChI=1S/C13H14FN3O3/c14-9-1-3-10(4-2-9)19-8-12-16-13(20-17-12)11-7-15-5-6-18-11/h1-4,11,15H,5-8H2/t11-/m0/s1. The largest absolute Gasteiger partial charge is 0.485 e. The number of hydrogen-bond acceptors (Lipinski definition) is 6. The normalized spacial score (nSPS) is 18.9. The van der Waals surface area contributed by atoms with Gasteiger partial charge in [0.25, 0.3) is 5.89 Å². The van der Waals surface area contributed by atoms with Crippen LogP contribution in [0.1, 0.15) is 17.8 Å². The van der Waals surface area contributed by atoms with Gasteiger partial charge in [0.05, 0.1) is 6.61 Å². The van der Waals surface area contributed by atoms with Crippen LogP contribution in [0.3, 0.4) is 0 Å². The van der Waals surface area contributed by atoms with E-state index in [-0.39, 0.29) is 18.5 Å². The average Bonchev–Trinajstić information content (AvgIpc) is 2.97. The van der Waals surface area contributed by atoms with Crippen molar-refractivity contribution in [3.8, 4) is 5.75 Å². The van der Waals surface area contributed by atoms with E-state index in [1.807, 2.05) is 0 Å². The van der Waals surface area contributed by atoms with Gasteiger partial charge in [-0.05, 0) is 24.3 Å². The summed E-state index contributed by atoms with van der Waals surface area (Å²) in [5, 5.41) is 7.02. The van der Waals surface area contributed by atoms with Crippen molar-refractivity contribution in [2.45, 2.75) is 12.7 Å². The van der Waals surface area contributed by atoms with Crippen molar-refractivity contribution in [2.75, 3.05) is 19.7 Å². The molecule has 0 bridgehead atoms. The zero-order valence-electron chi connectivity index (χ0n) is 10.7. The number of nitrogens with one attached hydrogen (secondary N) is 1. The molecule has 7 heteroatoms. The molecule has 0 spiro atoms. The Morgan fingerprint density at radius 2 is 2.20 bits per heavy atom. The minimum Gasteiger partial charge on any atom is -0.485 e. The topological polar surface area (TPSA) is 69.4 Å². The summed E-state index contributed by atoms with van der Waals surface area (Å²) in [7, 11) is 0. The van der Waals surface area contributed by atoms with E-state index >= 15 is 0 Å². The summed E-state index contributed by atoms with van der Waals surface area (Å²) in [5.74, 6) is 1.11. The minimum absolute atomic E-state index is 0.162. The Labute approximate surface area is 114 Å². The second kappa shape index (κ2) is 5.98. The Morgan fingerprint density at radius 3 is 2.95 bits per heavy atom. The van der Waals surface area contributed by atoms with Gasteiger partial charge >= 0.3 is 0 Å². The molecule has 1 fully saturated rings. The van der Waals surface area contributed by atoms with E-state index in [1.54, 1.807) is 12.1 Å². The number of morpholine rings is 1. The van der Waals surface area contributed by atoms with Gasteiger partial charge in [-0.2, -0.15) is 4.98 Å². The molecule has 1 aromatic heterocycles. The summed E-state index contributed by atoms with van der Waals surface area (Å²) in [6, 6.07) is 5.76. The summed E-state index contributed by atoms with van der Waals surface area (Å²) in [4.78, 5) is 4.22. The summed E-state index contributed by atoms with van der Waals surface area (Å²) in [5.41, 5.74) is 0. The van der Waals surface area contributed by atoms with E-state index in [1.165, 1.54) is 12.1 Å². The van der Waals surface area contributed by atoms with Crippen LogP contribution in [0.2, 0.25) is 0 Å². The van der Waals surface area contributed by atoms with Gasteiger partial charge in [0, 0.05) is 13.1 Å².